The number of ether oxygens (including phenoxy) is 4. The minimum atomic E-state index is -0.757. The van der Waals surface area contributed by atoms with Crippen LogP contribution in [0.1, 0.15) is 18.9 Å². The summed E-state index contributed by atoms with van der Waals surface area (Å²) in [7, 11) is 3.15. The summed E-state index contributed by atoms with van der Waals surface area (Å²) < 4.78 is 21.8. The van der Waals surface area contributed by atoms with Crippen molar-refractivity contribution in [3.63, 3.8) is 0 Å². The zero-order chi connectivity index (χ0) is 19.2. The Hall–Kier alpha value is -3.22. The molecule has 3 rings (SSSR count). The number of hydrazone groups is 1. The topological polar surface area (TPSA) is 78.4 Å². The second-order valence-electron chi connectivity index (χ2n) is 5.82. The van der Waals surface area contributed by atoms with Crippen molar-refractivity contribution in [1.29, 1.82) is 0 Å². The lowest BCUT2D eigenvalue weighted by atomic mass is 10.1. The summed E-state index contributed by atoms with van der Waals surface area (Å²) in [5.74, 6) is 2.04. The number of carbonyl (C=O) groups excluding carboxylic acids is 1. The summed E-state index contributed by atoms with van der Waals surface area (Å²) >= 11 is 0. The van der Waals surface area contributed by atoms with Gasteiger partial charge < -0.3 is 18.9 Å². The highest BCUT2D eigenvalue weighted by Crippen LogP contribution is 2.31. The van der Waals surface area contributed by atoms with Crippen LogP contribution in [0.5, 0.6) is 23.0 Å². The monoisotopic (exact) mass is 370 g/mol. The molecule has 0 saturated carbocycles. The minimum Gasteiger partial charge on any atom is -0.493 e. The van der Waals surface area contributed by atoms with Crippen molar-refractivity contribution < 1.29 is 23.7 Å². The number of fused-ring (bicyclic) bond motifs is 1. The fourth-order valence-electron chi connectivity index (χ4n) is 2.71. The summed E-state index contributed by atoms with van der Waals surface area (Å²) in [5, 5.41) is 4.26. The summed E-state index contributed by atoms with van der Waals surface area (Å²) in [6, 6.07) is 12.7. The molecular formula is C20H22N2O5. The Labute approximate surface area is 157 Å². The van der Waals surface area contributed by atoms with Gasteiger partial charge in [-0.25, -0.2) is 5.43 Å². The molecular weight excluding hydrogens is 348 g/mol. The molecule has 1 N–H and O–H groups in total. The Bertz CT molecular complexity index is 850. The maximum absolute atomic E-state index is 12.4. The average molecular weight is 370 g/mol. The maximum atomic E-state index is 12.4. The van der Waals surface area contributed by atoms with Crippen LogP contribution in [0.15, 0.2) is 47.6 Å². The molecule has 7 nitrogen and oxygen atoms in total. The Morgan fingerprint density at radius 3 is 2.59 bits per heavy atom. The number of benzene rings is 2. The molecule has 2 aromatic rings. The second kappa shape index (κ2) is 8.44. The third-order valence-corrected chi connectivity index (χ3v) is 4.15. The van der Waals surface area contributed by atoms with E-state index in [0.29, 0.717) is 35.1 Å². The van der Waals surface area contributed by atoms with Crippen LogP contribution >= 0.6 is 0 Å². The standard InChI is InChI=1S/C20H22N2O5/c1-4-14(13-9-10-15(24-2)18(11-13)25-3)21-22-20(23)19-12-26-16-7-5-6-8-17(16)27-19/h5-11,19H,4,12H2,1-3H3,(H,22,23)/b21-14-/t19-/m0/s1. The molecule has 1 amide bonds. The normalized spacial score (nSPS) is 15.8. The van der Waals surface area contributed by atoms with E-state index in [2.05, 4.69) is 10.5 Å². The van der Waals surface area contributed by atoms with Gasteiger partial charge in [-0.15, -0.1) is 0 Å². The molecule has 2 aromatic carbocycles. The van der Waals surface area contributed by atoms with E-state index in [1.807, 2.05) is 31.2 Å². The van der Waals surface area contributed by atoms with Gasteiger partial charge in [0.05, 0.1) is 19.9 Å². The first kappa shape index (κ1) is 18.6. The number of methoxy groups -OCH3 is 2. The van der Waals surface area contributed by atoms with Gasteiger partial charge in [0.1, 0.15) is 6.61 Å². The summed E-state index contributed by atoms with van der Waals surface area (Å²) in [5.41, 5.74) is 4.12. The first-order valence-electron chi connectivity index (χ1n) is 8.63. The van der Waals surface area contributed by atoms with Crippen LogP contribution in [0.2, 0.25) is 0 Å². The molecule has 0 fully saturated rings. The van der Waals surface area contributed by atoms with Gasteiger partial charge in [0.2, 0.25) is 6.10 Å². The quantitative estimate of drug-likeness (QED) is 0.625. The van der Waals surface area contributed by atoms with E-state index in [0.717, 1.165) is 5.56 Å². The van der Waals surface area contributed by atoms with Crippen molar-refractivity contribution in [3.8, 4) is 23.0 Å². The lowest BCUT2D eigenvalue weighted by molar-refractivity contribution is -0.130. The van der Waals surface area contributed by atoms with E-state index in [4.69, 9.17) is 18.9 Å². The van der Waals surface area contributed by atoms with E-state index >= 15 is 0 Å². The smallest absolute Gasteiger partial charge is 0.284 e. The number of nitrogens with one attached hydrogen (secondary N) is 1. The first-order chi connectivity index (χ1) is 13.2. The maximum Gasteiger partial charge on any atom is 0.284 e. The predicted molar refractivity (Wildman–Crippen MR) is 101 cm³/mol. The number of hydrogen-bond acceptors (Lipinski definition) is 6. The van der Waals surface area contributed by atoms with Gasteiger partial charge in [-0.05, 0) is 36.8 Å². The number of nitrogens with zero attached hydrogens (tertiary/aromatic N) is 1. The van der Waals surface area contributed by atoms with Crippen molar-refractivity contribution in [1.82, 2.24) is 5.43 Å². The third-order valence-electron chi connectivity index (χ3n) is 4.15. The van der Waals surface area contributed by atoms with Gasteiger partial charge in [-0.1, -0.05) is 19.1 Å². The predicted octanol–water partition coefficient (Wildman–Crippen LogP) is 2.77. The molecule has 0 saturated heterocycles. The van der Waals surface area contributed by atoms with Gasteiger partial charge in [0.25, 0.3) is 5.91 Å². The van der Waals surface area contributed by atoms with Gasteiger partial charge in [0.15, 0.2) is 23.0 Å². The van der Waals surface area contributed by atoms with Gasteiger partial charge in [-0.3, -0.25) is 4.79 Å². The van der Waals surface area contributed by atoms with Crippen LogP contribution in [0, 0.1) is 0 Å². The Balaban J connectivity index is 1.71. The third kappa shape index (κ3) is 4.13. The van der Waals surface area contributed by atoms with Crippen LogP contribution in [0.4, 0.5) is 0 Å². The molecule has 7 heteroatoms. The molecule has 0 unspecified atom stereocenters. The van der Waals surface area contributed by atoms with Gasteiger partial charge in [0, 0.05) is 5.56 Å². The lowest BCUT2D eigenvalue weighted by Gasteiger charge is -2.24. The Morgan fingerprint density at radius 1 is 1.15 bits per heavy atom. The summed E-state index contributed by atoms with van der Waals surface area (Å²) in [6.07, 6.45) is -0.132. The van der Waals surface area contributed by atoms with Crippen LogP contribution in [-0.4, -0.2) is 38.5 Å². The summed E-state index contributed by atoms with van der Waals surface area (Å²) in [4.78, 5) is 12.4. The van der Waals surface area contributed by atoms with E-state index in [1.165, 1.54) is 0 Å². The molecule has 1 aliphatic rings. The van der Waals surface area contributed by atoms with Crippen molar-refractivity contribution in [2.75, 3.05) is 20.8 Å². The van der Waals surface area contributed by atoms with Crippen LogP contribution < -0.4 is 24.4 Å². The van der Waals surface area contributed by atoms with Crippen LogP contribution in [0.3, 0.4) is 0 Å². The molecule has 1 heterocycles. The number of rotatable bonds is 6. The van der Waals surface area contributed by atoms with Gasteiger partial charge in [-0.2, -0.15) is 5.10 Å². The fourth-order valence-corrected chi connectivity index (χ4v) is 2.71. The molecule has 0 bridgehead atoms. The molecule has 27 heavy (non-hydrogen) atoms. The molecule has 0 radical (unpaired) electrons. The van der Waals surface area contributed by atoms with E-state index in [1.54, 1.807) is 32.4 Å². The van der Waals surface area contributed by atoms with Crippen LogP contribution in [-0.2, 0) is 4.79 Å². The van der Waals surface area contributed by atoms with E-state index in [-0.39, 0.29) is 12.5 Å². The largest absolute Gasteiger partial charge is 0.493 e. The number of para-hydroxylation sites is 2. The highest BCUT2D eigenvalue weighted by atomic mass is 16.6. The zero-order valence-electron chi connectivity index (χ0n) is 15.5. The lowest BCUT2D eigenvalue weighted by Crippen LogP contribution is -2.42. The van der Waals surface area contributed by atoms with E-state index < -0.39 is 6.10 Å². The van der Waals surface area contributed by atoms with Crippen LogP contribution in [0.25, 0.3) is 0 Å². The van der Waals surface area contributed by atoms with E-state index in [9.17, 15) is 4.79 Å². The van der Waals surface area contributed by atoms with Crippen molar-refractivity contribution >= 4 is 11.6 Å². The Morgan fingerprint density at radius 2 is 1.89 bits per heavy atom. The highest BCUT2D eigenvalue weighted by molar-refractivity contribution is 6.01. The van der Waals surface area contributed by atoms with Gasteiger partial charge >= 0.3 is 0 Å². The molecule has 0 aromatic heterocycles. The molecule has 142 valence electrons. The zero-order valence-corrected chi connectivity index (χ0v) is 15.5. The molecule has 1 aliphatic heterocycles. The fraction of sp³-hybridized carbons (Fsp3) is 0.300. The number of amides is 1. The van der Waals surface area contributed by atoms with Crippen molar-refractivity contribution in [2.45, 2.75) is 19.4 Å². The summed E-state index contributed by atoms with van der Waals surface area (Å²) in [6.45, 7) is 2.09. The second-order valence-corrected chi connectivity index (χ2v) is 5.82. The Kier molecular flexibility index (Phi) is 5.80. The molecule has 0 spiro atoms. The number of carbonyl (C=O) groups is 1. The average Bonchev–Trinajstić information content (AvgIpc) is 2.73. The SMILES string of the molecule is CC/C(=N/NC(=O)[C@@H]1COc2ccccc2O1)c1ccc(OC)c(OC)c1. The highest BCUT2D eigenvalue weighted by Gasteiger charge is 2.27. The van der Waals surface area contributed by atoms with Crippen molar-refractivity contribution in [2.24, 2.45) is 5.10 Å². The number of hydrogen-bond donors (Lipinski definition) is 1. The molecule has 0 aliphatic carbocycles. The van der Waals surface area contributed by atoms with Crippen molar-refractivity contribution in [3.05, 3.63) is 48.0 Å². The first-order valence-corrected chi connectivity index (χ1v) is 8.63. The minimum absolute atomic E-state index is 0.135. The molecule has 1 atom stereocenters.